The third-order valence-corrected chi connectivity index (χ3v) is 6.05. The van der Waals surface area contributed by atoms with Crippen molar-refractivity contribution < 1.29 is 9.53 Å². The fourth-order valence-corrected chi connectivity index (χ4v) is 4.12. The average Bonchev–Trinajstić information content (AvgIpc) is 3.58. The second-order valence-corrected chi connectivity index (χ2v) is 8.57. The Morgan fingerprint density at radius 1 is 1.00 bits per heavy atom. The molecule has 6 heteroatoms. The van der Waals surface area contributed by atoms with Crippen LogP contribution in [0.5, 0.6) is 0 Å². The Morgan fingerprint density at radius 2 is 1.67 bits per heavy atom. The maximum Gasteiger partial charge on any atom is 0.246 e. The number of hydrogen-bond donors (Lipinski definition) is 1. The van der Waals surface area contributed by atoms with Gasteiger partial charge in [0.15, 0.2) is 0 Å². The minimum Gasteiger partial charge on any atom is -0.370 e. The first-order valence-electron chi connectivity index (χ1n) is 10.8. The summed E-state index contributed by atoms with van der Waals surface area (Å²) < 4.78 is 5.57. The van der Waals surface area contributed by atoms with Crippen molar-refractivity contribution in [2.24, 2.45) is 0 Å². The van der Waals surface area contributed by atoms with E-state index in [-0.39, 0.29) is 18.6 Å². The molecule has 2 aliphatic rings. The number of carbonyl (C=O) groups is 1. The Kier molecular flexibility index (Phi) is 7.39. The Hall–Kier alpha value is -1.92. The zero-order valence-corrected chi connectivity index (χ0v) is 18.1. The summed E-state index contributed by atoms with van der Waals surface area (Å²) in [6.07, 6.45) is 2.21. The molecule has 1 saturated carbocycles. The molecule has 160 valence electrons. The van der Waals surface area contributed by atoms with E-state index in [9.17, 15) is 4.79 Å². The van der Waals surface area contributed by atoms with Gasteiger partial charge in [0.1, 0.15) is 6.61 Å². The van der Waals surface area contributed by atoms with Crippen molar-refractivity contribution in [1.82, 2.24) is 15.1 Å². The van der Waals surface area contributed by atoms with Gasteiger partial charge in [-0.05, 0) is 36.1 Å². The van der Waals surface area contributed by atoms with Gasteiger partial charge in [-0.2, -0.15) is 0 Å². The summed E-state index contributed by atoms with van der Waals surface area (Å²) in [5.41, 5.74) is 2.57. The third-order valence-electron chi connectivity index (χ3n) is 5.80. The molecule has 1 aliphatic heterocycles. The second kappa shape index (κ2) is 10.4. The van der Waals surface area contributed by atoms with Crippen molar-refractivity contribution in [1.29, 1.82) is 0 Å². The third kappa shape index (κ3) is 6.05. The van der Waals surface area contributed by atoms with Crippen LogP contribution in [0.2, 0.25) is 5.02 Å². The second-order valence-electron chi connectivity index (χ2n) is 8.14. The fourth-order valence-electron chi connectivity index (χ4n) is 4.00. The lowest BCUT2D eigenvalue weighted by molar-refractivity contribution is -0.126. The largest absolute Gasteiger partial charge is 0.370 e. The van der Waals surface area contributed by atoms with Crippen molar-refractivity contribution in [3.05, 3.63) is 70.7 Å². The van der Waals surface area contributed by atoms with Gasteiger partial charge in [-0.15, -0.1) is 0 Å². The highest BCUT2D eigenvalue weighted by Gasteiger charge is 2.26. The normalized spacial score (nSPS) is 18.8. The molecule has 1 atom stereocenters. The Morgan fingerprint density at radius 3 is 2.33 bits per heavy atom. The predicted molar refractivity (Wildman–Crippen MR) is 120 cm³/mol. The summed E-state index contributed by atoms with van der Waals surface area (Å²) >= 11 is 6.12. The molecule has 1 saturated heterocycles. The molecule has 0 aromatic heterocycles. The van der Waals surface area contributed by atoms with Gasteiger partial charge in [0.05, 0.1) is 12.6 Å². The number of amides is 1. The van der Waals surface area contributed by atoms with Crippen molar-refractivity contribution in [2.75, 3.05) is 45.9 Å². The number of nitrogens with zero attached hydrogens (tertiary/aromatic N) is 2. The van der Waals surface area contributed by atoms with Crippen LogP contribution in [0.1, 0.15) is 30.0 Å². The molecular weight excluding hydrogens is 398 g/mol. The summed E-state index contributed by atoms with van der Waals surface area (Å²) in [5, 5.41) is 3.72. The number of carbonyl (C=O) groups excluding carboxylic acids is 1. The quantitative estimate of drug-likeness (QED) is 0.623. The van der Waals surface area contributed by atoms with Gasteiger partial charge in [-0.3, -0.25) is 14.6 Å². The Bertz CT molecular complexity index is 803. The average molecular weight is 428 g/mol. The SMILES string of the molecule is O=C(COCCN1CCN([C@H](c2ccccc2)c2ccc(Cl)cc2)CC1)NC1CC1. The standard InChI is InChI=1S/C24H30ClN3O2/c25-21-8-6-20(7-9-21)24(19-4-2-1-3-5-19)28-14-12-27(13-15-28)16-17-30-18-23(29)26-22-10-11-22/h1-9,22,24H,10-18H2,(H,26,29)/t24-/m1/s1. The summed E-state index contributed by atoms with van der Waals surface area (Å²) in [5.74, 6) is 0.0102. The van der Waals surface area contributed by atoms with Gasteiger partial charge in [0, 0.05) is 43.8 Å². The lowest BCUT2D eigenvalue weighted by Crippen LogP contribution is -2.48. The van der Waals surface area contributed by atoms with Crippen LogP contribution < -0.4 is 5.32 Å². The molecule has 0 bridgehead atoms. The van der Waals surface area contributed by atoms with E-state index in [1.807, 2.05) is 12.1 Å². The maximum atomic E-state index is 11.7. The number of piperazine rings is 1. The topological polar surface area (TPSA) is 44.8 Å². The smallest absolute Gasteiger partial charge is 0.246 e. The molecular formula is C24H30ClN3O2. The van der Waals surface area contributed by atoms with Crippen molar-refractivity contribution in [3.63, 3.8) is 0 Å². The summed E-state index contributed by atoms with van der Waals surface area (Å²) in [7, 11) is 0. The molecule has 1 N–H and O–H groups in total. The summed E-state index contributed by atoms with van der Waals surface area (Å²) in [6.45, 7) is 5.60. The minimum absolute atomic E-state index is 0.0102. The maximum absolute atomic E-state index is 11.7. The fraction of sp³-hybridized carbons (Fsp3) is 0.458. The number of hydrogen-bond acceptors (Lipinski definition) is 4. The first kappa shape index (κ1) is 21.3. The first-order chi connectivity index (χ1) is 14.7. The van der Waals surface area contributed by atoms with Gasteiger partial charge in [0.2, 0.25) is 5.91 Å². The molecule has 1 aliphatic carbocycles. The van der Waals surface area contributed by atoms with E-state index in [0.717, 1.165) is 50.6 Å². The molecule has 0 spiro atoms. The highest BCUT2D eigenvalue weighted by atomic mass is 35.5. The lowest BCUT2D eigenvalue weighted by atomic mass is 9.96. The number of nitrogens with one attached hydrogen (secondary N) is 1. The Balaban J connectivity index is 1.28. The van der Waals surface area contributed by atoms with Crippen LogP contribution in [0, 0.1) is 0 Å². The monoisotopic (exact) mass is 427 g/mol. The van der Waals surface area contributed by atoms with E-state index in [1.165, 1.54) is 11.1 Å². The van der Waals surface area contributed by atoms with E-state index in [0.29, 0.717) is 12.6 Å². The van der Waals surface area contributed by atoms with E-state index in [1.54, 1.807) is 0 Å². The number of ether oxygens (including phenoxy) is 1. The molecule has 1 heterocycles. The van der Waals surface area contributed by atoms with E-state index in [2.05, 4.69) is 57.6 Å². The highest BCUT2D eigenvalue weighted by molar-refractivity contribution is 6.30. The van der Waals surface area contributed by atoms with Crippen molar-refractivity contribution in [2.45, 2.75) is 24.9 Å². The van der Waals surface area contributed by atoms with Crippen LogP contribution in [-0.2, 0) is 9.53 Å². The van der Waals surface area contributed by atoms with Crippen LogP contribution in [0.15, 0.2) is 54.6 Å². The van der Waals surface area contributed by atoms with E-state index >= 15 is 0 Å². The number of rotatable bonds is 9. The molecule has 2 aromatic carbocycles. The van der Waals surface area contributed by atoms with Crippen LogP contribution in [0.3, 0.4) is 0 Å². The highest BCUT2D eigenvalue weighted by Crippen LogP contribution is 2.30. The first-order valence-corrected chi connectivity index (χ1v) is 11.2. The zero-order chi connectivity index (χ0) is 20.8. The molecule has 4 rings (SSSR count). The molecule has 1 amide bonds. The van der Waals surface area contributed by atoms with Gasteiger partial charge in [-0.1, -0.05) is 54.1 Å². The van der Waals surface area contributed by atoms with E-state index < -0.39 is 0 Å². The van der Waals surface area contributed by atoms with Crippen molar-refractivity contribution in [3.8, 4) is 0 Å². The molecule has 2 aromatic rings. The minimum atomic E-state index is 0.0102. The lowest BCUT2D eigenvalue weighted by Gasteiger charge is -2.39. The summed E-state index contributed by atoms with van der Waals surface area (Å²) in [6, 6.07) is 19.5. The molecule has 2 fully saturated rings. The molecule has 0 radical (unpaired) electrons. The van der Waals surface area contributed by atoms with Crippen LogP contribution in [0.25, 0.3) is 0 Å². The van der Waals surface area contributed by atoms with Crippen LogP contribution in [-0.4, -0.2) is 67.7 Å². The number of halogens is 1. The summed E-state index contributed by atoms with van der Waals surface area (Å²) in [4.78, 5) is 16.6. The van der Waals surface area contributed by atoms with E-state index in [4.69, 9.17) is 16.3 Å². The van der Waals surface area contributed by atoms with Gasteiger partial charge in [-0.25, -0.2) is 0 Å². The van der Waals surface area contributed by atoms with Crippen molar-refractivity contribution >= 4 is 17.5 Å². The number of benzene rings is 2. The molecule has 5 nitrogen and oxygen atoms in total. The Labute approximate surface area is 184 Å². The zero-order valence-electron chi connectivity index (χ0n) is 17.3. The predicted octanol–water partition coefficient (Wildman–Crippen LogP) is 3.34. The van der Waals surface area contributed by atoms with Crippen LogP contribution in [0.4, 0.5) is 0 Å². The van der Waals surface area contributed by atoms with Gasteiger partial charge < -0.3 is 10.1 Å². The molecule has 0 unspecified atom stereocenters. The van der Waals surface area contributed by atoms with Gasteiger partial charge in [0.25, 0.3) is 0 Å². The molecule has 30 heavy (non-hydrogen) atoms. The van der Waals surface area contributed by atoms with Gasteiger partial charge >= 0.3 is 0 Å². The van der Waals surface area contributed by atoms with Crippen LogP contribution >= 0.6 is 11.6 Å².